The standard InChI is InChI=1S/C8H12N2O2/c1-6(2)7(8(11)12)10-4-3-9-5-10/h3-7H,1-2H3,(H,11,12)/t7-/m0/s1. The Balaban J connectivity index is 2.88. The second-order valence-corrected chi connectivity index (χ2v) is 3.04. The van der Waals surface area contributed by atoms with E-state index in [0.29, 0.717) is 0 Å². The number of aliphatic carboxylic acids is 1. The molecule has 0 saturated carbocycles. The topological polar surface area (TPSA) is 55.1 Å². The monoisotopic (exact) mass is 168 g/mol. The van der Waals surface area contributed by atoms with Crippen molar-refractivity contribution in [2.75, 3.05) is 0 Å². The summed E-state index contributed by atoms with van der Waals surface area (Å²) in [7, 11) is 0. The molecule has 0 aliphatic carbocycles. The molecule has 1 rings (SSSR count). The van der Waals surface area contributed by atoms with Crippen molar-refractivity contribution in [3.63, 3.8) is 0 Å². The van der Waals surface area contributed by atoms with Gasteiger partial charge in [-0.2, -0.15) is 0 Å². The molecule has 0 aliphatic rings. The first-order valence-electron chi connectivity index (χ1n) is 3.83. The van der Waals surface area contributed by atoms with Crippen LogP contribution in [0.15, 0.2) is 18.7 Å². The van der Waals surface area contributed by atoms with Crippen LogP contribution in [0.2, 0.25) is 0 Å². The fraction of sp³-hybridized carbons (Fsp3) is 0.500. The molecule has 4 nitrogen and oxygen atoms in total. The van der Waals surface area contributed by atoms with Gasteiger partial charge in [0.1, 0.15) is 6.04 Å². The quantitative estimate of drug-likeness (QED) is 0.736. The first kappa shape index (κ1) is 8.77. The minimum atomic E-state index is -0.817. The van der Waals surface area contributed by atoms with Crippen molar-refractivity contribution in [3.05, 3.63) is 18.7 Å². The van der Waals surface area contributed by atoms with Crippen molar-refractivity contribution in [3.8, 4) is 0 Å². The van der Waals surface area contributed by atoms with Crippen molar-refractivity contribution < 1.29 is 9.90 Å². The largest absolute Gasteiger partial charge is 0.480 e. The zero-order valence-corrected chi connectivity index (χ0v) is 7.14. The molecule has 1 atom stereocenters. The fourth-order valence-corrected chi connectivity index (χ4v) is 1.19. The summed E-state index contributed by atoms with van der Waals surface area (Å²) < 4.78 is 1.60. The molecule has 0 amide bonds. The lowest BCUT2D eigenvalue weighted by Gasteiger charge is -2.16. The Morgan fingerprint density at radius 2 is 2.25 bits per heavy atom. The molecule has 66 valence electrons. The number of nitrogens with zero attached hydrogens (tertiary/aromatic N) is 2. The third-order valence-electron chi connectivity index (χ3n) is 1.73. The van der Waals surface area contributed by atoms with Gasteiger partial charge in [-0.25, -0.2) is 9.78 Å². The number of carboxylic acids is 1. The summed E-state index contributed by atoms with van der Waals surface area (Å²) in [5.74, 6) is -0.750. The second-order valence-electron chi connectivity index (χ2n) is 3.04. The van der Waals surface area contributed by atoms with Gasteiger partial charge in [-0.3, -0.25) is 0 Å². The summed E-state index contributed by atoms with van der Waals surface area (Å²) in [5.41, 5.74) is 0. The third kappa shape index (κ3) is 1.64. The highest BCUT2D eigenvalue weighted by Gasteiger charge is 2.22. The van der Waals surface area contributed by atoms with Gasteiger partial charge in [0, 0.05) is 12.4 Å². The van der Waals surface area contributed by atoms with Crippen LogP contribution in [0.3, 0.4) is 0 Å². The first-order valence-corrected chi connectivity index (χ1v) is 3.83. The van der Waals surface area contributed by atoms with Gasteiger partial charge in [0.2, 0.25) is 0 Å². The van der Waals surface area contributed by atoms with Crippen molar-refractivity contribution in [1.82, 2.24) is 9.55 Å². The maximum atomic E-state index is 10.8. The number of hydrogen-bond donors (Lipinski definition) is 1. The maximum Gasteiger partial charge on any atom is 0.326 e. The van der Waals surface area contributed by atoms with E-state index < -0.39 is 12.0 Å². The summed E-state index contributed by atoms with van der Waals surface area (Å²) in [6.07, 6.45) is 4.77. The number of carbonyl (C=O) groups is 1. The molecule has 0 spiro atoms. The summed E-state index contributed by atoms with van der Waals surface area (Å²) in [6.45, 7) is 3.75. The molecule has 1 aromatic heterocycles. The first-order chi connectivity index (χ1) is 5.63. The Kier molecular flexibility index (Phi) is 2.47. The summed E-state index contributed by atoms with van der Waals surface area (Å²) >= 11 is 0. The van der Waals surface area contributed by atoms with Crippen molar-refractivity contribution in [2.24, 2.45) is 5.92 Å². The SMILES string of the molecule is CC(C)[C@@H](C(=O)O)n1ccnc1. The van der Waals surface area contributed by atoms with Crippen LogP contribution < -0.4 is 0 Å². The molecule has 0 aromatic carbocycles. The zero-order chi connectivity index (χ0) is 9.14. The number of hydrogen-bond acceptors (Lipinski definition) is 2. The van der Waals surface area contributed by atoms with Crippen molar-refractivity contribution in [2.45, 2.75) is 19.9 Å². The number of imidazole rings is 1. The lowest BCUT2D eigenvalue weighted by atomic mass is 10.1. The molecule has 0 unspecified atom stereocenters. The Morgan fingerprint density at radius 1 is 1.58 bits per heavy atom. The molecule has 0 fully saturated rings. The van der Waals surface area contributed by atoms with Crippen LogP contribution in [0.5, 0.6) is 0 Å². The van der Waals surface area contributed by atoms with Gasteiger partial charge in [-0.05, 0) is 5.92 Å². The molecule has 4 heteroatoms. The average molecular weight is 168 g/mol. The fourth-order valence-electron chi connectivity index (χ4n) is 1.19. The Hall–Kier alpha value is -1.32. The number of rotatable bonds is 3. The molecule has 1 N–H and O–H groups in total. The van der Waals surface area contributed by atoms with E-state index in [4.69, 9.17) is 5.11 Å². The predicted octanol–water partition coefficient (Wildman–Crippen LogP) is 1.16. The highest BCUT2D eigenvalue weighted by Crippen LogP contribution is 2.16. The maximum absolute atomic E-state index is 10.8. The Bertz CT molecular complexity index is 254. The Labute approximate surface area is 70.9 Å². The van der Waals surface area contributed by atoms with Crippen LogP contribution in [-0.2, 0) is 4.79 Å². The Morgan fingerprint density at radius 3 is 2.58 bits per heavy atom. The van der Waals surface area contributed by atoms with E-state index in [-0.39, 0.29) is 5.92 Å². The van der Waals surface area contributed by atoms with Crippen LogP contribution in [0.25, 0.3) is 0 Å². The number of aromatic nitrogens is 2. The van der Waals surface area contributed by atoms with Gasteiger partial charge in [0.05, 0.1) is 6.33 Å². The minimum absolute atomic E-state index is 0.0664. The van der Waals surface area contributed by atoms with Crippen molar-refractivity contribution in [1.29, 1.82) is 0 Å². The molecular weight excluding hydrogens is 156 g/mol. The van der Waals surface area contributed by atoms with Crippen LogP contribution >= 0.6 is 0 Å². The molecule has 0 radical (unpaired) electrons. The summed E-state index contributed by atoms with van der Waals surface area (Å²) in [4.78, 5) is 14.6. The molecule has 1 aromatic rings. The third-order valence-corrected chi connectivity index (χ3v) is 1.73. The summed E-state index contributed by atoms with van der Waals surface area (Å²) in [5, 5.41) is 8.87. The molecule has 0 aliphatic heterocycles. The minimum Gasteiger partial charge on any atom is -0.480 e. The van der Waals surface area contributed by atoms with Gasteiger partial charge in [-0.15, -0.1) is 0 Å². The van der Waals surface area contributed by atoms with E-state index in [9.17, 15) is 4.79 Å². The highest BCUT2D eigenvalue weighted by atomic mass is 16.4. The predicted molar refractivity (Wildman–Crippen MR) is 43.7 cm³/mol. The molecule has 1 heterocycles. The van der Waals surface area contributed by atoms with Crippen LogP contribution in [0.4, 0.5) is 0 Å². The van der Waals surface area contributed by atoms with Gasteiger partial charge in [0.25, 0.3) is 0 Å². The highest BCUT2D eigenvalue weighted by molar-refractivity contribution is 5.72. The van der Waals surface area contributed by atoms with E-state index in [1.54, 1.807) is 17.0 Å². The number of carboxylic acid groups (broad SMARTS) is 1. The van der Waals surface area contributed by atoms with Crippen LogP contribution in [0, 0.1) is 5.92 Å². The average Bonchev–Trinajstić information content (AvgIpc) is 2.37. The van der Waals surface area contributed by atoms with Crippen LogP contribution in [0.1, 0.15) is 19.9 Å². The van der Waals surface area contributed by atoms with Gasteiger partial charge >= 0.3 is 5.97 Å². The van der Waals surface area contributed by atoms with Gasteiger partial charge < -0.3 is 9.67 Å². The van der Waals surface area contributed by atoms with Crippen molar-refractivity contribution >= 4 is 5.97 Å². The molecular formula is C8H12N2O2. The normalized spacial score (nSPS) is 13.2. The smallest absolute Gasteiger partial charge is 0.326 e. The van der Waals surface area contributed by atoms with E-state index in [1.807, 2.05) is 13.8 Å². The molecule has 0 bridgehead atoms. The second kappa shape index (κ2) is 3.38. The van der Waals surface area contributed by atoms with E-state index in [0.717, 1.165) is 0 Å². The summed E-state index contributed by atoms with van der Waals surface area (Å²) in [6, 6.07) is -0.507. The van der Waals surface area contributed by atoms with E-state index in [2.05, 4.69) is 4.98 Å². The van der Waals surface area contributed by atoms with Gasteiger partial charge in [0.15, 0.2) is 0 Å². The zero-order valence-electron chi connectivity index (χ0n) is 7.14. The molecule has 0 saturated heterocycles. The van der Waals surface area contributed by atoms with Gasteiger partial charge in [-0.1, -0.05) is 13.8 Å². The van der Waals surface area contributed by atoms with E-state index in [1.165, 1.54) is 6.33 Å². The van der Waals surface area contributed by atoms with E-state index >= 15 is 0 Å². The lowest BCUT2D eigenvalue weighted by molar-refractivity contribution is -0.142. The lowest BCUT2D eigenvalue weighted by Crippen LogP contribution is -2.22. The molecule has 12 heavy (non-hydrogen) atoms. The van der Waals surface area contributed by atoms with Crippen LogP contribution in [-0.4, -0.2) is 20.6 Å².